The van der Waals surface area contributed by atoms with E-state index < -0.39 is 16.7 Å². The molecule has 1 aromatic rings. The third kappa shape index (κ3) is 6.16. The summed E-state index contributed by atoms with van der Waals surface area (Å²) < 4.78 is 4.83. The molecule has 0 radical (unpaired) electrons. The van der Waals surface area contributed by atoms with Crippen molar-refractivity contribution < 1.29 is 14.5 Å². The van der Waals surface area contributed by atoms with Crippen LogP contribution in [0.25, 0.3) is 0 Å². The van der Waals surface area contributed by atoms with Crippen molar-refractivity contribution in [3.05, 3.63) is 45.6 Å². The zero-order chi connectivity index (χ0) is 18.0. The first kappa shape index (κ1) is 20.1. The van der Waals surface area contributed by atoms with Gasteiger partial charge in [0.25, 0.3) is 5.69 Å². The molecule has 0 aliphatic rings. The van der Waals surface area contributed by atoms with E-state index in [4.69, 9.17) is 15.9 Å². The Balaban J connectivity index is 0.00000232. The van der Waals surface area contributed by atoms with E-state index in [2.05, 4.69) is 5.32 Å². The number of hydrogen-bond acceptors (Lipinski definition) is 6. The van der Waals surface area contributed by atoms with Gasteiger partial charge in [-0.1, -0.05) is 13.8 Å². The maximum absolute atomic E-state index is 11.7. The smallest absolute Gasteiger partial charge is 0.343 e. The van der Waals surface area contributed by atoms with E-state index in [1.54, 1.807) is 13.8 Å². The Labute approximate surface area is 135 Å². The number of carbonyl (C=O) groups excluding carboxylic acids is 1. The monoisotopic (exact) mass is 322 g/mol. The molecule has 126 valence electrons. The molecule has 0 aliphatic heterocycles. The molecule has 0 aliphatic carbocycles. The van der Waals surface area contributed by atoms with Gasteiger partial charge in [-0.05, 0) is 26.0 Å². The molecule has 0 saturated heterocycles. The molecule has 0 saturated carbocycles. The molecular formula is C15H22N4O4. The van der Waals surface area contributed by atoms with Gasteiger partial charge in [0, 0.05) is 23.5 Å². The number of nitrogens with one attached hydrogen (secondary N) is 2. The highest BCUT2D eigenvalue weighted by Gasteiger charge is 2.17. The number of anilines is 1. The lowest BCUT2D eigenvalue weighted by molar-refractivity contribution is -0.384. The second kappa shape index (κ2) is 9.93. The molecule has 0 amide bonds. The number of nitro benzene ring substituents is 1. The first-order valence-electron chi connectivity index (χ1n) is 7.10. The Hall–Kier alpha value is -2.90. The lowest BCUT2D eigenvalue weighted by atomic mass is 10.2. The van der Waals surface area contributed by atoms with Crippen LogP contribution in [0.1, 0.15) is 27.7 Å². The number of rotatable bonds is 6. The SMILES string of the molecule is CC.CCOC(=O)/C(C(=N)N)=C(\C)Nc1ccc([N+](=O)[O-])cc1. The Kier molecular flexibility index (Phi) is 8.68. The fraction of sp³-hybridized carbons (Fsp3) is 0.333. The van der Waals surface area contributed by atoms with Crippen LogP contribution in [0, 0.1) is 15.5 Å². The number of benzene rings is 1. The number of hydrogen-bond donors (Lipinski definition) is 3. The third-order valence-electron chi connectivity index (χ3n) is 2.53. The maximum atomic E-state index is 11.7. The first-order valence-corrected chi connectivity index (χ1v) is 7.10. The van der Waals surface area contributed by atoms with E-state index in [0.29, 0.717) is 11.4 Å². The van der Waals surface area contributed by atoms with E-state index in [1.165, 1.54) is 24.3 Å². The molecule has 8 heteroatoms. The summed E-state index contributed by atoms with van der Waals surface area (Å²) in [6.07, 6.45) is 0. The summed E-state index contributed by atoms with van der Waals surface area (Å²) in [4.78, 5) is 21.8. The van der Waals surface area contributed by atoms with Gasteiger partial charge in [-0.15, -0.1) is 0 Å². The van der Waals surface area contributed by atoms with Crippen molar-refractivity contribution in [2.24, 2.45) is 5.73 Å². The Morgan fingerprint density at radius 3 is 2.26 bits per heavy atom. The molecule has 0 aromatic heterocycles. The van der Waals surface area contributed by atoms with Gasteiger partial charge in [0.05, 0.1) is 11.5 Å². The van der Waals surface area contributed by atoms with Crippen LogP contribution < -0.4 is 11.1 Å². The van der Waals surface area contributed by atoms with E-state index in [9.17, 15) is 14.9 Å². The fourth-order valence-electron chi connectivity index (χ4n) is 1.61. The number of esters is 1. The Bertz CT molecular complexity index is 594. The number of allylic oxidation sites excluding steroid dienone is 1. The van der Waals surface area contributed by atoms with Crippen molar-refractivity contribution in [1.82, 2.24) is 0 Å². The van der Waals surface area contributed by atoms with Gasteiger partial charge in [-0.3, -0.25) is 15.5 Å². The predicted molar refractivity (Wildman–Crippen MR) is 89.3 cm³/mol. The number of nitro groups is 1. The minimum absolute atomic E-state index is 0.0423. The summed E-state index contributed by atoms with van der Waals surface area (Å²) >= 11 is 0. The number of ether oxygens (including phenoxy) is 1. The van der Waals surface area contributed by atoms with Gasteiger partial charge in [-0.25, -0.2) is 4.79 Å². The molecule has 0 spiro atoms. The Morgan fingerprint density at radius 1 is 1.35 bits per heavy atom. The summed E-state index contributed by atoms with van der Waals surface area (Å²) in [5, 5.41) is 20.9. The lowest BCUT2D eigenvalue weighted by Crippen LogP contribution is -2.25. The van der Waals surface area contributed by atoms with Crippen LogP contribution in [-0.2, 0) is 9.53 Å². The zero-order valence-electron chi connectivity index (χ0n) is 13.7. The maximum Gasteiger partial charge on any atom is 0.343 e. The van der Waals surface area contributed by atoms with Crippen LogP contribution in [0.2, 0.25) is 0 Å². The van der Waals surface area contributed by atoms with Gasteiger partial charge in [0.15, 0.2) is 0 Å². The van der Waals surface area contributed by atoms with E-state index in [1.807, 2.05) is 13.8 Å². The number of nitrogens with zero attached hydrogens (tertiary/aromatic N) is 1. The van der Waals surface area contributed by atoms with Crippen LogP contribution in [0.3, 0.4) is 0 Å². The van der Waals surface area contributed by atoms with E-state index >= 15 is 0 Å². The van der Waals surface area contributed by atoms with Crippen LogP contribution in [-0.4, -0.2) is 23.3 Å². The molecule has 0 atom stereocenters. The highest BCUT2D eigenvalue weighted by atomic mass is 16.6. The molecule has 8 nitrogen and oxygen atoms in total. The number of amidine groups is 1. The molecule has 1 rings (SSSR count). The molecule has 23 heavy (non-hydrogen) atoms. The minimum Gasteiger partial charge on any atom is -0.462 e. The lowest BCUT2D eigenvalue weighted by Gasteiger charge is -2.12. The standard InChI is InChI=1S/C13H16N4O4.C2H6/c1-3-21-13(18)11(12(14)15)8(2)16-9-4-6-10(7-5-9)17(19)20;1-2/h4-7,16H,3H2,1-2H3,(H3,14,15);1-2H3/b11-8+;. The van der Waals surface area contributed by atoms with Crippen molar-refractivity contribution in [2.45, 2.75) is 27.7 Å². The molecule has 0 unspecified atom stereocenters. The van der Waals surface area contributed by atoms with Crippen molar-refractivity contribution in [1.29, 1.82) is 5.41 Å². The highest BCUT2D eigenvalue weighted by Crippen LogP contribution is 2.18. The number of nitrogens with two attached hydrogens (primary N) is 1. The van der Waals surface area contributed by atoms with Gasteiger partial charge in [0.2, 0.25) is 0 Å². The van der Waals surface area contributed by atoms with Crippen LogP contribution in [0.4, 0.5) is 11.4 Å². The molecule has 0 bridgehead atoms. The molecular weight excluding hydrogens is 300 g/mol. The Morgan fingerprint density at radius 2 is 1.87 bits per heavy atom. The fourth-order valence-corrected chi connectivity index (χ4v) is 1.61. The molecule has 1 aromatic carbocycles. The van der Waals surface area contributed by atoms with E-state index in [-0.39, 0.29) is 17.9 Å². The summed E-state index contributed by atoms with van der Waals surface area (Å²) in [6, 6.07) is 5.63. The van der Waals surface area contributed by atoms with Crippen molar-refractivity contribution in [3.8, 4) is 0 Å². The second-order valence-electron chi connectivity index (χ2n) is 4.06. The van der Waals surface area contributed by atoms with Crippen molar-refractivity contribution >= 4 is 23.2 Å². The zero-order valence-corrected chi connectivity index (χ0v) is 13.7. The van der Waals surface area contributed by atoms with Crippen molar-refractivity contribution in [3.63, 3.8) is 0 Å². The average Bonchev–Trinajstić information content (AvgIpc) is 2.49. The quantitative estimate of drug-likeness (QED) is 0.184. The van der Waals surface area contributed by atoms with Gasteiger partial charge in [0.1, 0.15) is 11.4 Å². The normalized spacial score (nSPS) is 10.6. The molecule has 4 N–H and O–H groups in total. The topological polar surface area (TPSA) is 131 Å². The van der Waals surface area contributed by atoms with Crippen molar-refractivity contribution in [2.75, 3.05) is 11.9 Å². The minimum atomic E-state index is -0.697. The molecule has 0 fully saturated rings. The average molecular weight is 322 g/mol. The predicted octanol–water partition coefficient (Wildman–Crippen LogP) is 2.81. The summed E-state index contributed by atoms with van der Waals surface area (Å²) in [5.74, 6) is -1.11. The summed E-state index contributed by atoms with van der Waals surface area (Å²) in [7, 11) is 0. The van der Waals surface area contributed by atoms with Gasteiger partial charge < -0.3 is 15.8 Å². The second-order valence-corrected chi connectivity index (χ2v) is 4.06. The summed E-state index contributed by atoms with van der Waals surface area (Å²) in [6.45, 7) is 7.38. The number of carbonyl (C=O) groups is 1. The van der Waals surface area contributed by atoms with Gasteiger partial charge >= 0.3 is 5.97 Å². The van der Waals surface area contributed by atoms with Gasteiger partial charge in [-0.2, -0.15) is 0 Å². The highest BCUT2D eigenvalue weighted by molar-refractivity contribution is 6.17. The third-order valence-corrected chi connectivity index (χ3v) is 2.53. The van der Waals surface area contributed by atoms with Crippen LogP contribution >= 0.6 is 0 Å². The van der Waals surface area contributed by atoms with E-state index in [0.717, 1.165) is 0 Å². The molecule has 0 heterocycles. The van der Waals surface area contributed by atoms with Crippen LogP contribution in [0.5, 0.6) is 0 Å². The largest absolute Gasteiger partial charge is 0.462 e. The number of non-ortho nitro benzene ring substituents is 1. The summed E-state index contributed by atoms with van der Waals surface area (Å²) in [5.41, 5.74) is 6.12. The van der Waals surface area contributed by atoms with Crippen LogP contribution in [0.15, 0.2) is 35.5 Å². The first-order chi connectivity index (χ1) is 10.9.